The molecule has 26 heavy (non-hydrogen) atoms. The van der Waals surface area contributed by atoms with E-state index in [1.807, 2.05) is 48.5 Å². The van der Waals surface area contributed by atoms with E-state index in [-0.39, 0.29) is 11.7 Å². The number of hydrazone groups is 1. The Hall–Kier alpha value is -3.12. The third-order valence-electron chi connectivity index (χ3n) is 4.30. The summed E-state index contributed by atoms with van der Waals surface area (Å²) in [7, 11) is 0. The molecule has 0 radical (unpaired) electrons. The molecular weight excluding hydrogens is 330 g/mol. The fourth-order valence-corrected chi connectivity index (χ4v) is 2.91. The van der Waals surface area contributed by atoms with Crippen molar-refractivity contribution in [1.82, 2.24) is 5.43 Å². The molecular formula is C20H19N3O3. The van der Waals surface area contributed by atoms with Crippen molar-refractivity contribution in [1.29, 1.82) is 0 Å². The van der Waals surface area contributed by atoms with Gasteiger partial charge in [-0.2, -0.15) is 5.10 Å². The van der Waals surface area contributed by atoms with Crippen LogP contribution in [0.5, 0.6) is 0 Å². The lowest BCUT2D eigenvalue weighted by Crippen LogP contribution is -2.36. The van der Waals surface area contributed by atoms with Crippen molar-refractivity contribution in [3.8, 4) is 0 Å². The van der Waals surface area contributed by atoms with Crippen molar-refractivity contribution < 1.29 is 13.9 Å². The molecule has 1 aliphatic rings. The van der Waals surface area contributed by atoms with Gasteiger partial charge in [0.15, 0.2) is 5.76 Å². The van der Waals surface area contributed by atoms with Crippen molar-refractivity contribution >= 4 is 28.8 Å². The number of amides is 1. The average Bonchev–Trinajstić information content (AvgIpc) is 3.13. The third kappa shape index (κ3) is 3.60. The van der Waals surface area contributed by atoms with E-state index in [9.17, 15) is 4.79 Å². The highest BCUT2D eigenvalue weighted by Gasteiger charge is 2.12. The minimum atomic E-state index is -0.373. The minimum Gasteiger partial charge on any atom is -0.451 e. The Labute approximate surface area is 151 Å². The van der Waals surface area contributed by atoms with Gasteiger partial charge in [-0.25, -0.2) is 5.43 Å². The molecule has 0 spiro atoms. The number of nitrogens with zero attached hydrogens (tertiary/aromatic N) is 2. The summed E-state index contributed by atoms with van der Waals surface area (Å²) in [5.41, 5.74) is 5.25. The van der Waals surface area contributed by atoms with Gasteiger partial charge < -0.3 is 14.1 Å². The fourth-order valence-electron chi connectivity index (χ4n) is 2.91. The van der Waals surface area contributed by atoms with E-state index in [0.717, 1.165) is 42.9 Å². The lowest BCUT2D eigenvalue weighted by Gasteiger charge is -2.28. The van der Waals surface area contributed by atoms with E-state index in [1.165, 1.54) is 0 Å². The molecule has 0 atom stereocenters. The number of anilines is 1. The van der Waals surface area contributed by atoms with Crippen LogP contribution < -0.4 is 10.3 Å². The highest BCUT2D eigenvalue weighted by Crippen LogP contribution is 2.18. The predicted octanol–water partition coefficient (Wildman–Crippen LogP) is 3.03. The second-order valence-corrected chi connectivity index (χ2v) is 6.04. The number of ether oxygens (including phenoxy) is 1. The Balaban J connectivity index is 1.37. The van der Waals surface area contributed by atoms with Crippen LogP contribution in [0.1, 0.15) is 16.1 Å². The molecule has 1 aromatic heterocycles. The van der Waals surface area contributed by atoms with Crippen LogP contribution in [0.25, 0.3) is 11.0 Å². The van der Waals surface area contributed by atoms with Gasteiger partial charge >= 0.3 is 5.91 Å². The summed E-state index contributed by atoms with van der Waals surface area (Å²) in [5, 5.41) is 4.90. The Morgan fingerprint density at radius 3 is 2.62 bits per heavy atom. The van der Waals surface area contributed by atoms with Crippen LogP contribution in [0.3, 0.4) is 0 Å². The number of fused-ring (bicyclic) bond motifs is 1. The van der Waals surface area contributed by atoms with E-state index in [2.05, 4.69) is 15.4 Å². The second-order valence-electron chi connectivity index (χ2n) is 6.04. The molecule has 0 aliphatic carbocycles. The molecule has 2 aromatic carbocycles. The summed E-state index contributed by atoms with van der Waals surface area (Å²) in [6.45, 7) is 3.33. The number of carbonyl (C=O) groups is 1. The molecule has 0 saturated carbocycles. The second kappa shape index (κ2) is 7.41. The molecule has 132 valence electrons. The first-order chi connectivity index (χ1) is 12.8. The molecule has 3 aromatic rings. The van der Waals surface area contributed by atoms with Crippen LogP contribution in [0, 0.1) is 0 Å². The van der Waals surface area contributed by atoms with Crippen LogP contribution in [-0.2, 0) is 4.74 Å². The van der Waals surface area contributed by atoms with Crippen LogP contribution in [-0.4, -0.2) is 38.4 Å². The number of morpholine rings is 1. The van der Waals surface area contributed by atoms with E-state index in [1.54, 1.807) is 12.3 Å². The van der Waals surface area contributed by atoms with Crippen molar-refractivity contribution in [3.63, 3.8) is 0 Å². The van der Waals surface area contributed by atoms with Gasteiger partial charge in [-0.1, -0.05) is 30.3 Å². The van der Waals surface area contributed by atoms with E-state index < -0.39 is 0 Å². The summed E-state index contributed by atoms with van der Waals surface area (Å²) in [4.78, 5) is 14.4. The zero-order chi connectivity index (χ0) is 17.8. The molecule has 1 N–H and O–H groups in total. The van der Waals surface area contributed by atoms with Crippen molar-refractivity contribution in [2.75, 3.05) is 31.2 Å². The van der Waals surface area contributed by atoms with Gasteiger partial charge in [-0.15, -0.1) is 0 Å². The summed E-state index contributed by atoms with van der Waals surface area (Å²) in [6.07, 6.45) is 1.61. The van der Waals surface area contributed by atoms with Crippen molar-refractivity contribution in [2.45, 2.75) is 0 Å². The first-order valence-corrected chi connectivity index (χ1v) is 8.54. The topological polar surface area (TPSA) is 67.1 Å². The summed E-state index contributed by atoms with van der Waals surface area (Å²) in [6, 6.07) is 17.2. The molecule has 0 unspecified atom stereocenters. The summed E-state index contributed by atoms with van der Waals surface area (Å²) < 4.78 is 10.9. The SMILES string of the molecule is O=C(N/N=C/c1ccc(N2CCOCC2)cc1)c1cc2ccccc2o1. The molecule has 2 heterocycles. The molecule has 6 heteroatoms. The average molecular weight is 349 g/mol. The molecule has 6 nitrogen and oxygen atoms in total. The number of hydrogen-bond acceptors (Lipinski definition) is 5. The standard InChI is InChI=1S/C20H19N3O3/c24-20(19-13-16-3-1-2-4-18(16)26-19)22-21-14-15-5-7-17(8-6-15)23-9-11-25-12-10-23/h1-8,13-14H,9-12H2,(H,22,24)/b21-14+. The van der Waals surface area contributed by atoms with Crippen LogP contribution >= 0.6 is 0 Å². The number of para-hydroxylation sites is 1. The van der Waals surface area contributed by atoms with Gasteiger partial charge in [-0.3, -0.25) is 4.79 Å². The molecule has 0 bridgehead atoms. The number of benzene rings is 2. The lowest BCUT2D eigenvalue weighted by molar-refractivity contribution is 0.0929. The number of furan rings is 1. The molecule has 1 saturated heterocycles. The summed E-state index contributed by atoms with van der Waals surface area (Å²) >= 11 is 0. The maximum Gasteiger partial charge on any atom is 0.307 e. The molecule has 1 aliphatic heterocycles. The van der Waals surface area contributed by atoms with Gasteiger partial charge in [-0.05, 0) is 29.8 Å². The first kappa shape index (κ1) is 16.4. The number of hydrogen-bond donors (Lipinski definition) is 1. The van der Waals surface area contributed by atoms with Crippen LogP contribution in [0.4, 0.5) is 5.69 Å². The zero-order valence-corrected chi connectivity index (χ0v) is 14.2. The van der Waals surface area contributed by atoms with E-state index in [0.29, 0.717) is 5.58 Å². The van der Waals surface area contributed by atoms with Crippen LogP contribution in [0.2, 0.25) is 0 Å². The minimum absolute atomic E-state index is 0.242. The lowest BCUT2D eigenvalue weighted by atomic mass is 10.2. The van der Waals surface area contributed by atoms with Gasteiger partial charge in [0.1, 0.15) is 5.58 Å². The van der Waals surface area contributed by atoms with Gasteiger partial charge in [0.25, 0.3) is 0 Å². The third-order valence-corrected chi connectivity index (χ3v) is 4.30. The van der Waals surface area contributed by atoms with Gasteiger partial charge in [0, 0.05) is 24.2 Å². The van der Waals surface area contributed by atoms with Gasteiger partial charge in [0.2, 0.25) is 0 Å². The number of carbonyl (C=O) groups excluding carboxylic acids is 1. The number of nitrogens with one attached hydrogen (secondary N) is 1. The first-order valence-electron chi connectivity index (χ1n) is 8.54. The summed E-state index contributed by atoms with van der Waals surface area (Å²) in [5.74, 6) is -0.131. The molecule has 4 rings (SSSR count). The van der Waals surface area contributed by atoms with Crippen molar-refractivity contribution in [2.24, 2.45) is 5.10 Å². The largest absolute Gasteiger partial charge is 0.451 e. The monoisotopic (exact) mass is 349 g/mol. The molecule has 1 amide bonds. The smallest absolute Gasteiger partial charge is 0.307 e. The zero-order valence-electron chi connectivity index (χ0n) is 14.2. The van der Waals surface area contributed by atoms with Gasteiger partial charge in [0.05, 0.1) is 19.4 Å². The Kier molecular flexibility index (Phi) is 4.66. The highest BCUT2D eigenvalue weighted by atomic mass is 16.5. The maximum atomic E-state index is 12.1. The Morgan fingerprint density at radius 1 is 1.08 bits per heavy atom. The molecule has 1 fully saturated rings. The fraction of sp³-hybridized carbons (Fsp3) is 0.200. The van der Waals surface area contributed by atoms with Crippen molar-refractivity contribution in [3.05, 3.63) is 65.9 Å². The maximum absolute atomic E-state index is 12.1. The highest BCUT2D eigenvalue weighted by molar-refractivity contribution is 5.96. The van der Waals surface area contributed by atoms with Crippen LogP contribution in [0.15, 0.2) is 64.1 Å². The quantitative estimate of drug-likeness (QED) is 0.581. The van der Waals surface area contributed by atoms with E-state index in [4.69, 9.17) is 9.15 Å². The van der Waals surface area contributed by atoms with E-state index >= 15 is 0 Å². The Bertz CT molecular complexity index is 892. The number of rotatable bonds is 4. The predicted molar refractivity (Wildman–Crippen MR) is 101 cm³/mol. The normalized spacial score (nSPS) is 14.8. The Morgan fingerprint density at radius 2 is 1.85 bits per heavy atom.